The number of nitrogens with two attached hydrogens (primary N) is 1. The Hall–Kier alpha value is -0.610. The highest BCUT2D eigenvalue weighted by molar-refractivity contribution is 7.98. The first-order chi connectivity index (χ1) is 8.07. The molecule has 0 aromatic heterocycles. The fourth-order valence-electron chi connectivity index (χ4n) is 2.51. The topological polar surface area (TPSA) is 26.0 Å². The van der Waals surface area contributed by atoms with Crippen LogP contribution in [0, 0.1) is 11.6 Å². The lowest BCUT2D eigenvalue weighted by molar-refractivity contribution is 0.299. The summed E-state index contributed by atoms with van der Waals surface area (Å²) in [7, 11) is 0. The fraction of sp³-hybridized carbons (Fsp3) is 0.538. The Morgan fingerprint density at radius 2 is 1.65 bits per heavy atom. The molecule has 0 spiro atoms. The van der Waals surface area contributed by atoms with E-state index in [9.17, 15) is 8.78 Å². The molecule has 0 saturated heterocycles. The average Bonchev–Trinajstić information content (AvgIpc) is 2.29. The summed E-state index contributed by atoms with van der Waals surface area (Å²) in [5, 5.41) is 0. The van der Waals surface area contributed by atoms with E-state index >= 15 is 0 Å². The summed E-state index contributed by atoms with van der Waals surface area (Å²) in [6.45, 7) is 0. The largest absolute Gasteiger partial charge is 0.321 e. The molecule has 0 amide bonds. The van der Waals surface area contributed by atoms with Crippen molar-refractivity contribution in [2.45, 2.75) is 42.5 Å². The van der Waals surface area contributed by atoms with Crippen LogP contribution in [0.3, 0.4) is 0 Å². The van der Waals surface area contributed by atoms with Gasteiger partial charge in [-0.1, -0.05) is 19.3 Å². The van der Waals surface area contributed by atoms with Gasteiger partial charge < -0.3 is 5.73 Å². The smallest absolute Gasteiger partial charge is 0.140 e. The predicted octanol–water partition coefficient (Wildman–Crippen LogP) is 3.80. The Bertz CT molecular complexity index is 391. The quantitative estimate of drug-likeness (QED) is 0.815. The van der Waals surface area contributed by atoms with E-state index in [-0.39, 0.29) is 4.90 Å². The molecule has 1 aromatic carbocycles. The molecule has 1 saturated carbocycles. The molecule has 0 bridgehead atoms. The van der Waals surface area contributed by atoms with Crippen molar-refractivity contribution < 1.29 is 8.78 Å². The lowest BCUT2D eigenvalue weighted by atomic mass is 9.77. The van der Waals surface area contributed by atoms with Crippen molar-refractivity contribution in [2.75, 3.05) is 6.26 Å². The zero-order valence-electron chi connectivity index (χ0n) is 9.93. The molecule has 4 heteroatoms. The van der Waals surface area contributed by atoms with Gasteiger partial charge in [0, 0.05) is 5.54 Å². The van der Waals surface area contributed by atoms with Crippen molar-refractivity contribution in [3.63, 3.8) is 0 Å². The summed E-state index contributed by atoms with van der Waals surface area (Å²) in [5.41, 5.74) is 6.33. The van der Waals surface area contributed by atoms with E-state index in [1.54, 1.807) is 6.26 Å². The second kappa shape index (κ2) is 4.94. The second-order valence-electron chi connectivity index (χ2n) is 4.69. The average molecular weight is 257 g/mol. The molecule has 1 nitrogen and oxygen atoms in total. The van der Waals surface area contributed by atoms with Crippen LogP contribution in [0.1, 0.15) is 37.7 Å². The Labute approximate surface area is 105 Å². The van der Waals surface area contributed by atoms with Gasteiger partial charge in [-0.15, -0.1) is 11.8 Å². The molecular weight excluding hydrogens is 240 g/mol. The normalized spacial score (nSPS) is 19.3. The van der Waals surface area contributed by atoms with Crippen LogP contribution in [-0.4, -0.2) is 6.26 Å². The third-order valence-electron chi connectivity index (χ3n) is 3.52. The first kappa shape index (κ1) is 12.8. The summed E-state index contributed by atoms with van der Waals surface area (Å²) in [6.07, 6.45) is 6.51. The van der Waals surface area contributed by atoms with E-state index in [0.717, 1.165) is 43.9 Å². The molecule has 0 aliphatic heterocycles. The molecule has 0 atom stereocenters. The third kappa shape index (κ3) is 2.47. The Morgan fingerprint density at radius 1 is 1.12 bits per heavy atom. The van der Waals surface area contributed by atoms with Crippen molar-refractivity contribution in [1.29, 1.82) is 0 Å². The van der Waals surface area contributed by atoms with E-state index in [4.69, 9.17) is 5.73 Å². The van der Waals surface area contributed by atoms with E-state index in [1.807, 2.05) is 0 Å². The molecule has 1 aliphatic carbocycles. The van der Waals surface area contributed by atoms with E-state index < -0.39 is 17.2 Å². The third-order valence-corrected chi connectivity index (χ3v) is 4.32. The zero-order valence-corrected chi connectivity index (χ0v) is 10.7. The number of halogens is 2. The number of hydrogen-bond donors (Lipinski definition) is 1. The van der Waals surface area contributed by atoms with E-state index in [1.165, 1.54) is 12.1 Å². The summed E-state index contributed by atoms with van der Waals surface area (Å²) >= 11 is 1.09. The maximum absolute atomic E-state index is 13.7. The molecule has 1 fully saturated rings. The van der Waals surface area contributed by atoms with Crippen molar-refractivity contribution in [2.24, 2.45) is 5.73 Å². The van der Waals surface area contributed by atoms with Crippen LogP contribution in [0.15, 0.2) is 17.0 Å². The van der Waals surface area contributed by atoms with Gasteiger partial charge in [-0.3, -0.25) is 0 Å². The van der Waals surface area contributed by atoms with Gasteiger partial charge in [0.1, 0.15) is 11.6 Å². The van der Waals surface area contributed by atoms with Crippen molar-refractivity contribution in [3.05, 3.63) is 29.3 Å². The Morgan fingerprint density at radius 3 is 2.12 bits per heavy atom. The van der Waals surface area contributed by atoms with Crippen LogP contribution < -0.4 is 5.73 Å². The predicted molar refractivity (Wildman–Crippen MR) is 67.1 cm³/mol. The molecule has 0 unspecified atom stereocenters. The van der Waals surface area contributed by atoms with Crippen molar-refractivity contribution in [3.8, 4) is 0 Å². The maximum atomic E-state index is 13.7. The highest BCUT2D eigenvalue weighted by atomic mass is 32.2. The molecule has 2 rings (SSSR count). The first-order valence-electron chi connectivity index (χ1n) is 5.89. The van der Waals surface area contributed by atoms with E-state index in [0.29, 0.717) is 5.56 Å². The van der Waals surface area contributed by atoms with Crippen molar-refractivity contribution in [1.82, 2.24) is 0 Å². The number of hydrogen-bond acceptors (Lipinski definition) is 2. The maximum Gasteiger partial charge on any atom is 0.140 e. The lowest BCUT2D eigenvalue weighted by Crippen LogP contribution is -2.38. The van der Waals surface area contributed by atoms with Crippen LogP contribution in [-0.2, 0) is 5.54 Å². The first-order valence-corrected chi connectivity index (χ1v) is 7.12. The molecule has 17 heavy (non-hydrogen) atoms. The minimum atomic E-state index is -0.545. The highest BCUT2D eigenvalue weighted by Gasteiger charge is 2.30. The second-order valence-corrected chi connectivity index (χ2v) is 5.51. The molecule has 0 heterocycles. The Kier molecular flexibility index (Phi) is 3.73. The fourth-order valence-corrected chi connectivity index (χ4v) is 3.02. The van der Waals surface area contributed by atoms with Crippen LogP contribution in [0.4, 0.5) is 8.78 Å². The van der Waals surface area contributed by atoms with Crippen molar-refractivity contribution >= 4 is 11.8 Å². The molecule has 1 aliphatic rings. The van der Waals surface area contributed by atoms with Gasteiger partial charge in [0.15, 0.2) is 0 Å². The standard InChI is InChI=1S/C13H17F2NS/c1-17-12-10(14)7-9(8-11(12)15)13(16)5-3-2-4-6-13/h7-8H,2-6,16H2,1H3. The monoisotopic (exact) mass is 257 g/mol. The van der Waals surface area contributed by atoms with Crippen LogP contribution >= 0.6 is 11.8 Å². The number of thioether (sulfide) groups is 1. The van der Waals surface area contributed by atoms with Crippen LogP contribution in [0.2, 0.25) is 0 Å². The molecule has 2 N–H and O–H groups in total. The molecule has 1 aromatic rings. The summed E-state index contributed by atoms with van der Waals surface area (Å²) in [5.74, 6) is -0.995. The number of benzene rings is 1. The van der Waals surface area contributed by atoms with Crippen LogP contribution in [0.25, 0.3) is 0 Å². The van der Waals surface area contributed by atoms with Gasteiger partial charge in [-0.25, -0.2) is 8.78 Å². The Balaban J connectivity index is 2.39. The number of rotatable bonds is 2. The van der Waals surface area contributed by atoms with Gasteiger partial charge in [-0.05, 0) is 36.8 Å². The molecular formula is C13H17F2NS. The van der Waals surface area contributed by atoms with E-state index in [2.05, 4.69) is 0 Å². The van der Waals surface area contributed by atoms with Gasteiger partial charge in [0.05, 0.1) is 4.90 Å². The minimum Gasteiger partial charge on any atom is -0.321 e. The van der Waals surface area contributed by atoms with Gasteiger partial charge in [-0.2, -0.15) is 0 Å². The van der Waals surface area contributed by atoms with Gasteiger partial charge >= 0.3 is 0 Å². The summed E-state index contributed by atoms with van der Waals surface area (Å²) in [4.78, 5) is 0.0770. The highest BCUT2D eigenvalue weighted by Crippen LogP contribution is 2.37. The van der Waals surface area contributed by atoms with Gasteiger partial charge in [0.2, 0.25) is 0 Å². The minimum absolute atomic E-state index is 0.0770. The lowest BCUT2D eigenvalue weighted by Gasteiger charge is -2.34. The SMILES string of the molecule is CSc1c(F)cc(C2(N)CCCCC2)cc1F. The summed E-state index contributed by atoms with van der Waals surface area (Å²) < 4.78 is 27.4. The molecule has 0 radical (unpaired) electrons. The molecule has 94 valence electrons. The van der Waals surface area contributed by atoms with Gasteiger partial charge in [0.25, 0.3) is 0 Å². The van der Waals surface area contributed by atoms with Crippen LogP contribution in [0.5, 0.6) is 0 Å². The summed E-state index contributed by atoms with van der Waals surface area (Å²) in [6, 6.07) is 2.81. The zero-order chi connectivity index (χ0) is 12.5.